The number of hydrogen-bond donors (Lipinski definition) is 0. The van der Waals surface area contributed by atoms with Crippen molar-refractivity contribution in [2.45, 2.75) is 32.1 Å². The van der Waals surface area contributed by atoms with Gasteiger partial charge in [0.1, 0.15) is 0 Å². The maximum absolute atomic E-state index is 12.7. The number of sulfone groups is 1. The van der Waals surface area contributed by atoms with E-state index < -0.39 is 21.6 Å². The summed E-state index contributed by atoms with van der Waals surface area (Å²) in [5, 5.41) is 0. The average molecular weight is 321 g/mol. The minimum absolute atomic E-state index is 0.0970. The third kappa shape index (κ3) is 4.20. The highest BCUT2D eigenvalue weighted by Crippen LogP contribution is 2.30. The molecule has 1 aliphatic rings. The van der Waals surface area contributed by atoms with Crippen LogP contribution in [-0.4, -0.2) is 37.4 Å². The van der Waals surface area contributed by atoms with Crippen LogP contribution in [0.15, 0.2) is 24.3 Å². The Hall–Kier alpha value is -1.08. The van der Waals surface area contributed by atoms with Crippen molar-refractivity contribution in [3.63, 3.8) is 0 Å². The quantitative estimate of drug-likeness (QED) is 0.856. The Morgan fingerprint density at radius 3 is 2.57 bits per heavy atom. The van der Waals surface area contributed by atoms with E-state index in [0.717, 1.165) is 12.1 Å². The molecule has 0 aliphatic carbocycles. The van der Waals surface area contributed by atoms with E-state index in [-0.39, 0.29) is 17.5 Å². The summed E-state index contributed by atoms with van der Waals surface area (Å²) in [7, 11) is -3.00. The standard InChI is InChI=1S/C14H18F3NO2S/c1-2-18(13-6-7-21(19,20)10-13)9-11-4-3-5-12(8-11)14(15,16)17/h3-5,8,13H,2,6-7,9-10H2,1H3/t13-/m0/s1. The van der Waals surface area contributed by atoms with E-state index in [1.54, 1.807) is 6.07 Å². The molecule has 0 radical (unpaired) electrons. The zero-order chi connectivity index (χ0) is 15.7. The Morgan fingerprint density at radius 1 is 1.33 bits per heavy atom. The Balaban J connectivity index is 2.12. The second-order valence-corrected chi connectivity index (χ2v) is 7.55. The van der Waals surface area contributed by atoms with Gasteiger partial charge in [0.2, 0.25) is 0 Å². The molecule has 1 fully saturated rings. The summed E-state index contributed by atoms with van der Waals surface area (Å²) in [6.45, 7) is 2.83. The van der Waals surface area contributed by atoms with Gasteiger partial charge in [0.15, 0.2) is 9.84 Å². The lowest BCUT2D eigenvalue weighted by Gasteiger charge is -2.26. The van der Waals surface area contributed by atoms with Gasteiger partial charge < -0.3 is 0 Å². The molecule has 1 atom stereocenters. The Labute approximate surface area is 122 Å². The van der Waals surface area contributed by atoms with Crippen LogP contribution in [0.1, 0.15) is 24.5 Å². The topological polar surface area (TPSA) is 37.4 Å². The first kappa shape index (κ1) is 16.3. The maximum atomic E-state index is 12.7. The van der Waals surface area contributed by atoms with E-state index in [1.165, 1.54) is 6.07 Å². The molecule has 1 saturated heterocycles. The molecule has 2 rings (SSSR count). The van der Waals surface area contributed by atoms with E-state index in [2.05, 4.69) is 0 Å². The van der Waals surface area contributed by atoms with Gasteiger partial charge in [0.05, 0.1) is 17.1 Å². The van der Waals surface area contributed by atoms with Gasteiger partial charge in [-0.1, -0.05) is 25.1 Å². The lowest BCUT2D eigenvalue weighted by atomic mass is 10.1. The molecule has 21 heavy (non-hydrogen) atoms. The lowest BCUT2D eigenvalue weighted by Crippen LogP contribution is -2.35. The van der Waals surface area contributed by atoms with Crippen molar-refractivity contribution in [1.82, 2.24) is 4.90 Å². The molecule has 118 valence electrons. The molecule has 0 N–H and O–H groups in total. The average Bonchev–Trinajstić information content (AvgIpc) is 2.75. The van der Waals surface area contributed by atoms with Crippen molar-refractivity contribution in [1.29, 1.82) is 0 Å². The van der Waals surface area contributed by atoms with Crippen molar-refractivity contribution in [3.8, 4) is 0 Å². The molecular weight excluding hydrogens is 303 g/mol. The fourth-order valence-corrected chi connectivity index (χ4v) is 4.40. The number of nitrogens with zero attached hydrogens (tertiary/aromatic N) is 1. The van der Waals surface area contributed by atoms with Gasteiger partial charge in [-0.15, -0.1) is 0 Å². The number of alkyl halides is 3. The third-order valence-corrected chi connectivity index (χ3v) is 5.52. The monoisotopic (exact) mass is 321 g/mol. The normalized spacial score (nSPS) is 21.9. The second-order valence-electron chi connectivity index (χ2n) is 5.32. The van der Waals surface area contributed by atoms with Crippen molar-refractivity contribution < 1.29 is 21.6 Å². The van der Waals surface area contributed by atoms with E-state index >= 15 is 0 Å². The van der Waals surface area contributed by atoms with Crippen LogP contribution >= 0.6 is 0 Å². The van der Waals surface area contributed by atoms with Crippen LogP contribution in [0.25, 0.3) is 0 Å². The number of halogens is 3. The first-order valence-corrected chi connectivity index (χ1v) is 8.64. The number of benzene rings is 1. The summed E-state index contributed by atoms with van der Waals surface area (Å²) in [5.74, 6) is 0.260. The predicted molar refractivity (Wildman–Crippen MR) is 74.6 cm³/mol. The van der Waals surface area contributed by atoms with E-state index in [0.29, 0.717) is 25.1 Å². The molecule has 0 amide bonds. The van der Waals surface area contributed by atoms with Gasteiger partial charge >= 0.3 is 6.18 Å². The maximum Gasteiger partial charge on any atom is 0.416 e. The molecule has 7 heteroatoms. The smallest absolute Gasteiger partial charge is 0.295 e. The molecule has 0 bridgehead atoms. The first-order valence-electron chi connectivity index (χ1n) is 6.82. The molecular formula is C14H18F3NO2S. The molecule has 1 aromatic rings. The molecule has 3 nitrogen and oxygen atoms in total. The molecule has 0 unspecified atom stereocenters. The van der Waals surface area contributed by atoms with Crippen molar-refractivity contribution in [2.75, 3.05) is 18.1 Å². The van der Waals surface area contributed by atoms with E-state index in [1.807, 2.05) is 11.8 Å². The molecule has 0 saturated carbocycles. The van der Waals surface area contributed by atoms with E-state index in [9.17, 15) is 21.6 Å². The van der Waals surface area contributed by atoms with Crippen molar-refractivity contribution in [3.05, 3.63) is 35.4 Å². The van der Waals surface area contributed by atoms with Gasteiger partial charge in [-0.3, -0.25) is 4.90 Å². The fourth-order valence-electron chi connectivity index (χ4n) is 2.64. The van der Waals surface area contributed by atoms with Crippen LogP contribution in [0.4, 0.5) is 13.2 Å². The van der Waals surface area contributed by atoms with Gasteiger partial charge in [-0.2, -0.15) is 13.2 Å². The summed E-state index contributed by atoms with van der Waals surface area (Å²) >= 11 is 0. The lowest BCUT2D eigenvalue weighted by molar-refractivity contribution is -0.137. The van der Waals surface area contributed by atoms with E-state index in [4.69, 9.17) is 0 Å². The first-order chi connectivity index (χ1) is 9.71. The molecule has 1 aromatic carbocycles. The van der Waals surface area contributed by atoms with Gasteiger partial charge in [-0.25, -0.2) is 8.42 Å². The summed E-state index contributed by atoms with van der Waals surface area (Å²) in [4.78, 5) is 1.93. The summed E-state index contributed by atoms with van der Waals surface area (Å²) < 4.78 is 61.1. The predicted octanol–water partition coefficient (Wildman–Crippen LogP) is 2.71. The van der Waals surface area contributed by atoms with Crippen LogP contribution in [0.5, 0.6) is 0 Å². The largest absolute Gasteiger partial charge is 0.416 e. The summed E-state index contributed by atoms with van der Waals surface area (Å²) in [6.07, 6.45) is -3.81. The second kappa shape index (κ2) is 5.96. The zero-order valence-corrected chi connectivity index (χ0v) is 12.5. The Kier molecular flexibility index (Phi) is 4.63. The van der Waals surface area contributed by atoms with Gasteiger partial charge in [-0.05, 0) is 24.6 Å². The van der Waals surface area contributed by atoms with Crippen molar-refractivity contribution in [2.24, 2.45) is 0 Å². The van der Waals surface area contributed by atoms with Gasteiger partial charge in [0.25, 0.3) is 0 Å². The highest BCUT2D eigenvalue weighted by Gasteiger charge is 2.33. The molecule has 1 heterocycles. The molecule has 0 aromatic heterocycles. The SMILES string of the molecule is CCN(Cc1cccc(C(F)(F)F)c1)[C@H]1CCS(=O)(=O)C1. The third-order valence-electron chi connectivity index (χ3n) is 3.77. The summed E-state index contributed by atoms with van der Waals surface area (Å²) in [6, 6.07) is 5.10. The molecule has 0 spiro atoms. The Morgan fingerprint density at radius 2 is 2.05 bits per heavy atom. The fraction of sp³-hybridized carbons (Fsp3) is 0.571. The van der Waals surface area contributed by atoms with Crippen molar-refractivity contribution >= 4 is 9.84 Å². The highest BCUT2D eigenvalue weighted by molar-refractivity contribution is 7.91. The highest BCUT2D eigenvalue weighted by atomic mass is 32.2. The van der Waals surface area contributed by atoms with Gasteiger partial charge in [0, 0.05) is 12.6 Å². The van der Waals surface area contributed by atoms with Crippen LogP contribution < -0.4 is 0 Å². The van der Waals surface area contributed by atoms with Crippen LogP contribution in [0, 0.1) is 0 Å². The minimum Gasteiger partial charge on any atom is -0.295 e. The molecule has 1 aliphatic heterocycles. The Bertz CT molecular complexity index is 598. The zero-order valence-electron chi connectivity index (χ0n) is 11.7. The number of rotatable bonds is 4. The number of hydrogen-bond acceptors (Lipinski definition) is 3. The van der Waals surface area contributed by atoms with Crippen LogP contribution in [0.2, 0.25) is 0 Å². The van der Waals surface area contributed by atoms with Crippen LogP contribution in [-0.2, 0) is 22.6 Å². The van der Waals surface area contributed by atoms with Crippen LogP contribution in [0.3, 0.4) is 0 Å². The summed E-state index contributed by atoms with van der Waals surface area (Å²) in [5.41, 5.74) is -0.119. The minimum atomic E-state index is -4.36.